The number of sulfonamides is 1. The summed E-state index contributed by atoms with van der Waals surface area (Å²) in [7, 11) is -3.65. The first-order valence-corrected chi connectivity index (χ1v) is 8.87. The van der Waals surface area contributed by atoms with E-state index in [9.17, 15) is 12.8 Å². The number of hydrogen-bond donors (Lipinski definition) is 1. The van der Waals surface area contributed by atoms with Crippen LogP contribution in [0.15, 0.2) is 27.6 Å². The quantitative estimate of drug-likeness (QED) is 0.872. The van der Waals surface area contributed by atoms with E-state index in [-0.39, 0.29) is 15.4 Å². The van der Waals surface area contributed by atoms with Crippen molar-refractivity contribution in [3.8, 4) is 0 Å². The summed E-state index contributed by atoms with van der Waals surface area (Å²) in [5.41, 5.74) is 0. The zero-order valence-electron chi connectivity index (χ0n) is 11.3. The van der Waals surface area contributed by atoms with Crippen LogP contribution in [0.2, 0.25) is 0 Å². The van der Waals surface area contributed by atoms with Crippen molar-refractivity contribution < 1.29 is 12.8 Å². The van der Waals surface area contributed by atoms with E-state index >= 15 is 0 Å². The molecule has 0 amide bonds. The minimum absolute atomic E-state index is 0.00181. The first-order chi connectivity index (χ1) is 9.45. The van der Waals surface area contributed by atoms with Crippen molar-refractivity contribution in [3.63, 3.8) is 0 Å². The van der Waals surface area contributed by atoms with Crippen molar-refractivity contribution in [1.82, 2.24) is 9.62 Å². The van der Waals surface area contributed by atoms with E-state index in [2.05, 4.69) is 21.2 Å². The van der Waals surface area contributed by atoms with Gasteiger partial charge in [-0.3, -0.25) is 0 Å². The smallest absolute Gasteiger partial charge is 0.243 e. The maximum Gasteiger partial charge on any atom is 0.243 e. The van der Waals surface area contributed by atoms with Gasteiger partial charge >= 0.3 is 0 Å². The average molecular weight is 365 g/mol. The molecule has 1 aliphatic heterocycles. The molecule has 1 heterocycles. The van der Waals surface area contributed by atoms with Gasteiger partial charge in [-0.2, -0.15) is 4.31 Å². The molecule has 7 heteroatoms. The predicted molar refractivity (Wildman–Crippen MR) is 79.6 cm³/mol. The molecule has 1 saturated heterocycles. The molecule has 0 spiro atoms. The van der Waals surface area contributed by atoms with Crippen molar-refractivity contribution in [2.75, 3.05) is 19.6 Å². The van der Waals surface area contributed by atoms with Gasteiger partial charge in [0.2, 0.25) is 10.0 Å². The molecule has 1 aliphatic rings. The third-order valence-corrected chi connectivity index (χ3v) is 6.05. The maximum atomic E-state index is 13.5. The van der Waals surface area contributed by atoms with Crippen molar-refractivity contribution in [3.05, 3.63) is 28.5 Å². The van der Waals surface area contributed by atoms with E-state index in [1.807, 2.05) is 0 Å². The fourth-order valence-electron chi connectivity index (χ4n) is 2.34. The van der Waals surface area contributed by atoms with Gasteiger partial charge in [-0.05, 0) is 53.5 Å². The van der Waals surface area contributed by atoms with Crippen LogP contribution in [0.4, 0.5) is 4.39 Å². The summed E-state index contributed by atoms with van der Waals surface area (Å²) in [5.74, 6) is -0.568. The Balaban J connectivity index is 2.23. The van der Waals surface area contributed by atoms with Gasteiger partial charge in [-0.15, -0.1) is 0 Å². The normalized spacial score (nSPS) is 19.7. The SMILES string of the molecule is CCN(CC1CCCN1)S(=O)(=O)c1ccc(Br)c(F)c1. The molecule has 1 aromatic rings. The number of halogens is 2. The Hall–Kier alpha value is -0.500. The molecule has 1 aromatic carbocycles. The van der Waals surface area contributed by atoms with Gasteiger partial charge in [-0.1, -0.05) is 6.92 Å². The van der Waals surface area contributed by atoms with Crippen LogP contribution in [0.5, 0.6) is 0 Å². The lowest BCUT2D eigenvalue weighted by Gasteiger charge is -2.24. The molecular formula is C13H18BrFN2O2S. The van der Waals surface area contributed by atoms with Gasteiger partial charge in [0.05, 0.1) is 9.37 Å². The van der Waals surface area contributed by atoms with Crippen LogP contribution in [-0.4, -0.2) is 38.4 Å². The van der Waals surface area contributed by atoms with Crippen LogP contribution in [0.1, 0.15) is 19.8 Å². The Morgan fingerprint density at radius 1 is 1.50 bits per heavy atom. The molecule has 0 aliphatic carbocycles. The highest BCUT2D eigenvalue weighted by atomic mass is 79.9. The fraction of sp³-hybridized carbons (Fsp3) is 0.538. The zero-order chi connectivity index (χ0) is 14.8. The average Bonchev–Trinajstić information content (AvgIpc) is 2.91. The van der Waals surface area contributed by atoms with Crippen LogP contribution < -0.4 is 5.32 Å². The van der Waals surface area contributed by atoms with Gasteiger partial charge in [-0.25, -0.2) is 12.8 Å². The first kappa shape index (κ1) is 15.9. The van der Waals surface area contributed by atoms with Crippen molar-refractivity contribution in [2.24, 2.45) is 0 Å². The van der Waals surface area contributed by atoms with Gasteiger partial charge in [0.15, 0.2) is 0 Å². The summed E-state index contributed by atoms with van der Waals surface area (Å²) in [4.78, 5) is -0.00181. The summed E-state index contributed by atoms with van der Waals surface area (Å²) in [6, 6.07) is 4.09. The van der Waals surface area contributed by atoms with Crippen molar-refractivity contribution in [2.45, 2.75) is 30.7 Å². The molecular weight excluding hydrogens is 347 g/mol. The summed E-state index contributed by atoms with van der Waals surface area (Å²) in [5, 5.41) is 3.28. The van der Waals surface area contributed by atoms with Crippen LogP contribution in [0, 0.1) is 5.82 Å². The third-order valence-electron chi connectivity index (χ3n) is 3.47. The second-order valence-corrected chi connectivity index (χ2v) is 7.62. The highest BCUT2D eigenvalue weighted by Gasteiger charge is 2.27. The van der Waals surface area contributed by atoms with Gasteiger partial charge in [0.25, 0.3) is 0 Å². The molecule has 4 nitrogen and oxygen atoms in total. The van der Waals surface area contributed by atoms with E-state index in [1.54, 1.807) is 6.92 Å². The van der Waals surface area contributed by atoms with Gasteiger partial charge in [0.1, 0.15) is 5.82 Å². The summed E-state index contributed by atoms with van der Waals surface area (Å²) >= 11 is 3.03. The van der Waals surface area contributed by atoms with E-state index in [0.717, 1.165) is 25.5 Å². The lowest BCUT2D eigenvalue weighted by Crippen LogP contribution is -2.40. The van der Waals surface area contributed by atoms with E-state index in [4.69, 9.17) is 0 Å². The topological polar surface area (TPSA) is 49.4 Å². The number of nitrogens with one attached hydrogen (secondary N) is 1. The lowest BCUT2D eigenvalue weighted by atomic mass is 10.2. The van der Waals surface area contributed by atoms with Crippen LogP contribution in [0.25, 0.3) is 0 Å². The third kappa shape index (κ3) is 3.39. The van der Waals surface area contributed by atoms with Crippen LogP contribution in [0.3, 0.4) is 0 Å². The van der Waals surface area contributed by atoms with Crippen LogP contribution >= 0.6 is 15.9 Å². The van der Waals surface area contributed by atoms with Gasteiger partial charge in [0, 0.05) is 19.1 Å². The molecule has 1 unspecified atom stereocenters. The molecule has 2 rings (SSSR count). The van der Waals surface area contributed by atoms with Crippen molar-refractivity contribution in [1.29, 1.82) is 0 Å². The number of likely N-dealkylation sites (N-methyl/N-ethyl adjacent to an activating group) is 1. The molecule has 0 radical (unpaired) electrons. The van der Waals surface area contributed by atoms with E-state index in [0.29, 0.717) is 13.1 Å². The molecule has 0 aromatic heterocycles. The summed E-state index contributed by atoms with van der Waals surface area (Å²) in [6.07, 6.45) is 2.04. The highest BCUT2D eigenvalue weighted by Crippen LogP contribution is 2.22. The lowest BCUT2D eigenvalue weighted by molar-refractivity contribution is 0.382. The predicted octanol–water partition coefficient (Wildman–Crippen LogP) is 2.35. The fourth-order valence-corrected chi connectivity index (χ4v) is 4.10. The number of hydrogen-bond acceptors (Lipinski definition) is 3. The van der Waals surface area contributed by atoms with E-state index < -0.39 is 15.8 Å². The monoisotopic (exact) mass is 364 g/mol. The minimum atomic E-state index is -3.65. The number of benzene rings is 1. The molecule has 1 atom stereocenters. The van der Waals surface area contributed by atoms with Crippen molar-refractivity contribution >= 4 is 26.0 Å². The minimum Gasteiger partial charge on any atom is -0.313 e. The van der Waals surface area contributed by atoms with E-state index in [1.165, 1.54) is 16.4 Å². The Bertz CT molecular complexity index is 574. The number of nitrogens with zero attached hydrogens (tertiary/aromatic N) is 1. The molecule has 0 saturated carbocycles. The summed E-state index contributed by atoms with van der Waals surface area (Å²) < 4.78 is 40.3. The Morgan fingerprint density at radius 3 is 2.80 bits per heavy atom. The standard InChI is InChI=1S/C13H18BrFN2O2S/c1-2-17(9-10-4-3-7-16-10)20(18,19)11-5-6-12(14)13(15)8-11/h5-6,8,10,16H,2-4,7,9H2,1H3. The second-order valence-electron chi connectivity index (χ2n) is 4.82. The Morgan fingerprint density at radius 2 is 2.25 bits per heavy atom. The van der Waals surface area contributed by atoms with Crippen LogP contribution in [-0.2, 0) is 10.0 Å². The maximum absolute atomic E-state index is 13.5. The first-order valence-electron chi connectivity index (χ1n) is 6.63. The molecule has 1 fully saturated rings. The zero-order valence-corrected chi connectivity index (χ0v) is 13.7. The summed E-state index contributed by atoms with van der Waals surface area (Å²) in [6.45, 7) is 3.52. The molecule has 1 N–H and O–H groups in total. The molecule has 0 bridgehead atoms. The second kappa shape index (κ2) is 6.51. The molecule has 20 heavy (non-hydrogen) atoms. The van der Waals surface area contributed by atoms with Gasteiger partial charge < -0.3 is 5.32 Å². The Labute approximate surface area is 127 Å². The number of rotatable bonds is 5. The highest BCUT2D eigenvalue weighted by molar-refractivity contribution is 9.10. The largest absolute Gasteiger partial charge is 0.313 e. The molecule has 112 valence electrons. The Kier molecular flexibility index (Phi) is 5.17.